The minimum atomic E-state index is -0.0607. The Bertz CT molecular complexity index is 471. The molecule has 1 unspecified atom stereocenters. The minimum Gasteiger partial charge on any atom is -0.492 e. The summed E-state index contributed by atoms with van der Waals surface area (Å²) in [5.41, 5.74) is 2.69. The Hall–Kier alpha value is -1.99. The van der Waals surface area contributed by atoms with Crippen molar-refractivity contribution in [1.29, 1.82) is 0 Å². The van der Waals surface area contributed by atoms with Gasteiger partial charge in [0.1, 0.15) is 12.4 Å². The lowest BCUT2D eigenvalue weighted by Crippen LogP contribution is -2.41. The van der Waals surface area contributed by atoms with Crippen molar-refractivity contribution in [3.8, 4) is 5.75 Å². The Labute approximate surface area is 105 Å². The highest BCUT2D eigenvalue weighted by atomic mass is 16.5. The van der Waals surface area contributed by atoms with E-state index in [1.807, 2.05) is 30.3 Å². The molecule has 2 aromatic rings. The second-order valence-corrected chi connectivity index (χ2v) is 3.89. The van der Waals surface area contributed by atoms with E-state index in [0.29, 0.717) is 18.9 Å². The van der Waals surface area contributed by atoms with Crippen LogP contribution in [0, 0.1) is 0 Å². The van der Waals surface area contributed by atoms with Crippen LogP contribution in [-0.2, 0) is 13.5 Å². The number of aromatic nitrogens is 4. The fourth-order valence-corrected chi connectivity index (χ4v) is 1.50. The highest BCUT2D eigenvalue weighted by Crippen LogP contribution is 2.09. The van der Waals surface area contributed by atoms with Crippen molar-refractivity contribution >= 4 is 0 Å². The highest BCUT2D eigenvalue weighted by molar-refractivity contribution is 5.20. The molecule has 7 heteroatoms. The van der Waals surface area contributed by atoms with Gasteiger partial charge < -0.3 is 4.74 Å². The first-order chi connectivity index (χ1) is 8.78. The smallest absolute Gasteiger partial charge is 0.176 e. The third-order valence-corrected chi connectivity index (χ3v) is 2.41. The molecule has 0 fully saturated rings. The molecular weight excluding hydrogens is 232 g/mol. The predicted octanol–water partition coefficient (Wildman–Crippen LogP) is -0.336. The lowest BCUT2D eigenvalue weighted by Gasteiger charge is -2.14. The van der Waals surface area contributed by atoms with E-state index in [4.69, 9.17) is 10.6 Å². The van der Waals surface area contributed by atoms with Crippen molar-refractivity contribution in [2.75, 3.05) is 6.61 Å². The van der Waals surface area contributed by atoms with Crippen molar-refractivity contribution in [3.63, 3.8) is 0 Å². The lowest BCUT2D eigenvalue weighted by atomic mass is 10.2. The van der Waals surface area contributed by atoms with Gasteiger partial charge in [0.25, 0.3) is 0 Å². The van der Waals surface area contributed by atoms with Crippen molar-refractivity contribution in [1.82, 2.24) is 25.6 Å². The molecule has 0 saturated heterocycles. The zero-order valence-electron chi connectivity index (χ0n) is 10.2. The zero-order chi connectivity index (χ0) is 12.8. The monoisotopic (exact) mass is 248 g/mol. The number of para-hydroxylation sites is 1. The summed E-state index contributed by atoms with van der Waals surface area (Å²) >= 11 is 0. The maximum Gasteiger partial charge on any atom is 0.176 e. The molecule has 1 atom stereocenters. The topological polar surface area (TPSA) is 90.9 Å². The number of benzene rings is 1. The van der Waals surface area contributed by atoms with Gasteiger partial charge in [0, 0.05) is 6.42 Å². The molecule has 7 nitrogen and oxygen atoms in total. The summed E-state index contributed by atoms with van der Waals surface area (Å²) in [6, 6.07) is 9.51. The number of nitrogens with zero attached hydrogens (tertiary/aromatic N) is 4. The quantitative estimate of drug-likeness (QED) is 0.537. The standard InChI is InChI=1S/C11H16N6O/c1-17-15-11(14-16-17)7-9(13-12)8-18-10-5-3-2-4-6-10/h2-6,9,13H,7-8,12H2,1H3. The van der Waals surface area contributed by atoms with Crippen LogP contribution in [0.3, 0.4) is 0 Å². The van der Waals surface area contributed by atoms with Gasteiger partial charge in [0.15, 0.2) is 5.82 Å². The third-order valence-electron chi connectivity index (χ3n) is 2.41. The molecule has 3 N–H and O–H groups in total. The third kappa shape index (κ3) is 3.51. The minimum absolute atomic E-state index is 0.0607. The Morgan fingerprint density at radius 2 is 2.17 bits per heavy atom. The molecule has 0 saturated carbocycles. The van der Waals surface area contributed by atoms with Crippen molar-refractivity contribution in [2.45, 2.75) is 12.5 Å². The largest absolute Gasteiger partial charge is 0.492 e. The Kier molecular flexibility index (Phi) is 4.21. The predicted molar refractivity (Wildman–Crippen MR) is 65.6 cm³/mol. The van der Waals surface area contributed by atoms with Crippen LogP contribution in [0.2, 0.25) is 0 Å². The van der Waals surface area contributed by atoms with Crippen LogP contribution in [0.15, 0.2) is 30.3 Å². The van der Waals surface area contributed by atoms with E-state index in [1.54, 1.807) is 7.05 Å². The summed E-state index contributed by atoms with van der Waals surface area (Å²) in [4.78, 5) is 1.42. The molecule has 0 amide bonds. The number of nitrogens with two attached hydrogens (primary N) is 1. The van der Waals surface area contributed by atoms with Crippen LogP contribution in [0.4, 0.5) is 0 Å². The van der Waals surface area contributed by atoms with E-state index in [-0.39, 0.29) is 6.04 Å². The van der Waals surface area contributed by atoms with Gasteiger partial charge in [-0.2, -0.15) is 4.80 Å². The van der Waals surface area contributed by atoms with Gasteiger partial charge in [0.05, 0.1) is 13.1 Å². The first kappa shape index (κ1) is 12.5. The molecule has 96 valence electrons. The van der Waals surface area contributed by atoms with Crippen LogP contribution in [0.1, 0.15) is 5.82 Å². The van der Waals surface area contributed by atoms with E-state index in [1.165, 1.54) is 4.80 Å². The van der Waals surface area contributed by atoms with Gasteiger partial charge >= 0.3 is 0 Å². The second-order valence-electron chi connectivity index (χ2n) is 3.89. The molecule has 1 heterocycles. The molecule has 0 aliphatic rings. The number of rotatable bonds is 6. The highest BCUT2D eigenvalue weighted by Gasteiger charge is 2.12. The summed E-state index contributed by atoms with van der Waals surface area (Å²) in [6.07, 6.45) is 0.567. The first-order valence-corrected chi connectivity index (χ1v) is 5.65. The lowest BCUT2D eigenvalue weighted by molar-refractivity contribution is 0.262. The van der Waals surface area contributed by atoms with Crippen molar-refractivity contribution in [3.05, 3.63) is 36.2 Å². The van der Waals surface area contributed by atoms with Crippen LogP contribution >= 0.6 is 0 Å². The molecule has 1 aromatic carbocycles. The molecular formula is C11H16N6O. The average Bonchev–Trinajstić information content (AvgIpc) is 2.81. The molecule has 0 spiro atoms. The number of nitrogens with one attached hydrogen (secondary N) is 1. The number of hydrazine groups is 1. The van der Waals surface area contributed by atoms with Crippen molar-refractivity contribution < 1.29 is 4.74 Å². The summed E-state index contributed by atoms with van der Waals surface area (Å²) in [5.74, 6) is 6.93. The number of hydrogen-bond donors (Lipinski definition) is 2. The molecule has 1 aromatic heterocycles. The summed E-state index contributed by atoms with van der Waals surface area (Å²) < 4.78 is 5.61. The van der Waals surface area contributed by atoms with Crippen LogP contribution < -0.4 is 16.0 Å². The maximum atomic E-state index is 5.61. The van der Waals surface area contributed by atoms with Crippen LogP contribution in [0.25, 0.3) is 0 Å². The van der Waals surface area contributed by atoms with Gasteiger partial charge in [-0.05, 0) is 17.3 Å². The second kappa shape index (κ2) is 6.08. The average molecular weight is 248 g/mol. The first-order valence-electron chi connectivity index (χ1n) is 5.65. The van der Waals surface area contributed by atoms with Gasteiger partial charge in [-0.3, -0.25) is 11.3 Å². The zero-order valence-corrected chi connectivity index (χ0v) is 10.2. The van der Waals surface area contributed by atoms with E-state index < -0.39 is 0 Å². The number of ether oxygens (including phenoxy) is 1. The van der Waals surface area contributed by atoms with E-state index in [2.05, 4.69) is 20.8 Å². The molecule has 2 rings (SSSR count). The fourth-order valence-electron chi connectivity index (χ4n) is 1.50. The molecule has 0 aliphatic heterocycles. The Morgan fingerprint density at radius 3 is 2.78 bits per heavy atom. The molecule has 0 aliphatic carbocycles. The van der Waals surface area contributed by atoms with E-state index >= 15 is 0 Å². The fraction of sp³-hybridized carbons (Fsp3) is 0.364. The summed E-state index contributed by atoms with van der Waals surface area (Å²) in [7, 11) is 1.72. The Balaban J connectivity index is 1.86. The number of aryl methyl sites for hydroxylation is 1. The van der Waals surface area contributed by atoms with Crippen LogP contribution in [-0.4, -0.2) is 32.9 Å². The molecule has 0 radical (unpaired) electrons. The number of tetrazole rings is 1. The summed E-state index contributed by atoms with van der Waals surface area (Å²) in [6.45, 7) is 0.443. The normalized spacial score (nSPS) is 12.3. The molecule has 18 heavy (non-hydrogen) atoms. The van der Waals surface area contributed by atoms with Gasteiger partial charge in [0.2, 0.25) is 0 Å². The SMILES string of the molecule is Cn1nnc(CC(COc2ccccc2)NN)n1. The summed E-state index contributed by atoms with van der Waals surface area (Å²) in [5, 5.41) is 11.8. The van der Waals surface area contributed by atoms with Gasteiger partial charge in [-0.15, -0.1) is 10.2 Å². The van der Waals surface area contributed by atoms with Crippen molar-refractivity contribution in [2.24, 2.45) is 12.9 Å². The Morgan fingerprint density at radius 1 is 1.39 bits per heavy atom. The maximum absolute atomic E-state index is 5.61. The van der Waals surface area contributed by atoms with Crippen LogP contribution in [0.5, 0.6) is 5.75 Å². The van der Waals surface area contributed by atoms with E-state index in [9.17, 15) is 0 Å². The van der Waals surface area contributed by atoms with Gasteiger partial charge in [-0.25, -0.2) is 0 Å². The molecule has 0 bridgehead atoms. The number of hydrogen-bond acceptors (Lipinski definition) is 6. The van der Waals surface area contributed by atoms with Gasteiger partial charge in [-0.1, -0.05) is 18.2 Å². The van der Waals surface area contributed by atoms with E-state index in [0.717, 1.165) is 5.75 Å².